The van der Waals surface area contributed by atoms with Gasteiger partial charge in [0, 0.05) is 32.5 Å². The highest BCUT2D eigenvalue weighted by Gasteiger charge is 2.25. The Labute approximate surface area is 160 Å². The lowest BCUT2D eigenvalue weighted by Crippen LogP contribution is -2.43. The number of amides is 2. The molecular formula is C20H40N2O4. The second-order valence-corrected chi connectivity index (χ2v) is 7.71. The standard InChI is InChI=1S/C18H34N2O4.C2H6/c1-13(14(2)21)20(8)16(23)9-10-18(6,7)24-12-11-17(4,5)19-15(3)22;1-2/h13H,9-12H2,1-8H3,(H,19,22);1-2H3/t13-;/m1./s1. The molecule has 0 heterocycles. The predicted octanol–water partition coefficient (Wildman–Crippen LogP) is 3.33. The van der Waals surface area contributed by atoms with Crippen LogP contribution in [-0.2, 0) is 19.1 Å². The van der Waals surface area contributed by atoms with Crippen molar-refractivity contribution in [3.63, 3.8) is 0 Å². The molecule has 0 fully saturated rings. The zero-order valence-electron chi connectivity index (χ0n) is 18.5. The lowest BCUT2D eigenvalue weighted by atomic mass is 9.99. The Hall–Kier alpha value is -1.43. The van der Waals surface area contributed by atoms with Gasteiger partial charge in [0.25, 0.3) is 0 Å². The molecule has 1 atom stereocenters. The molecule has 0 aromatic heterocycles. The van der Waals surface area contributed by atoms with E-state index in [1.165, 1.54) is 18.7 Å². The summed E-state index contributed by atoms with van der Waals surface area (Å²) in [6.45, 7) is 17.0. The molecule has 2 amide bonds. The molecule has 6 heteroatoms. The minimum atomic E-state index is -0.442. The molecule has 1 N–H and O–H groups in total. The number of hydrogen-bond donors (Lipinski definition) is 1. The Bertz CT molecular complexity index is 459. The Morgan fingerprint density at radius 3 is 1.96 bits per heavy atom. The Morgan fingerprint density at radius 1 is 1.04 bits per heavy atom. The molecule has 0 rings (SSSR count). The molecule has 0 aromatic carbocycles. The van der Waals surface area contributed by atoms with Crippen molar-refractivity contribution >= 4 is 17.6 Å². The first kappa shape index (κ1) is 26.8. The van der Waals surface area contributed by atoms with Gasteiger partial charge in [-0.1, -0.05) is 13.8 Å². The third-order valence-electron chi connectivity index (χ3n) is 4.24. The summed E-state index contributed by atoms with van der Waals surface area (Å²) < 4.78 is 5.90. The summed E-state index contributed by atoms with van der Waals surface area (Å²) in [6.07, 6.45) is 1.59. The van der Waals surface area contributed by atoms with Crippen LogP contribution in [0.4, 0.5) is 0 Å². The van der Waals surface area contributed by atoms with Gasteiger partial charge in [0.05, 0.1) is 11.6 Å². The molecule has 0 aromatic rings. The van der Waals surface area contributed by atoms with Crippen LogP contribution in [-0.4, -0.2) is 53.3 Å². The largest absolute Gasteiger partial charge is 0.375 e. The van der Waals surface area contributed by atoms with Gasteiger partial charge >= 0.3 is 0 Å². The van der Waals surface area contributed by atoms with Crippen molar-refractivity contribution in [1.82, 2.24) is 10.2 Å². The third kappa shape index (κ3) is 12.0. The molecule has 6 nitrogen and oxygen atoms in total. The highest BCUT2D eigenvalue weighted by atomic mass is 16.5. The van der Waals surface area contributed by atoms with E-state index >= 15 is 0 Å². The number of nitrogens with one attached hydrogen (secondary N) is 1. The Balaban J connectivity index is 0. The molecule has 0 aliphatic carbocycles. The number of hydrogen-bond acceptors (Lipinski definition) is 4. The van der Waals surface area contributed by atoms with E-state index in [2.05, 4.69) is 5.32 Å². The second kappa shape index (κ2) is 12.0. The van der Waals surface area contributed by atoms with Gasteiger partial charge in [-0.2, -0.15) is 0 Å². The van der Waals surface area contributed by atoms with E-state index in [4.69, 9.17) is 4.74 Å². The topological polar surface area (TPSA) is 75.7 Å². The number of likely N-dealkylation sites (N-methyl/N-ethyl adjacent to an activating group) is 1. The summed E-state index contributed by atoms with van der Waals surface area (Å²) in [4.78, 5) is 36.1. The number of ether oxygens (including phenoxy) is 1. The molecule has 0 aliphatic heterocycles. The summed E-state index contributed by atoms with van der Waals surface area (Å²) >= 11 is 0. The predicted molar refractivity (Wildman–Crippen MR) is 106 cm³/mol. The number of rotatable bonds is 10. The monoisotopic (exact) mass is 372 g/mol. The summed E-state index contributed by atoms with van der Waals surface area (Å²) in [5.74, 6) is -0.151. The van der Waals surface area contributed by atoms with Gasteiger partial charge in [0.2, 0.25) is 11.8 Å². The molecular weight excluding hydrogens is 332 g/mol. The molecule has 0 radical (unpaired) electrons. The van der Waals surface area contributed by atoms with E-state index in [9.17, 15) is 14.4 Å². The van der Waals surface area contributed by atoms with Crippen LogP contribution in [0, 0.1) is 0 Å². The van der Waals surface area contributed by atoms with Crippen LogP contribution in [0.2, 0.25) is 0 Å². The van der Waals surface area contributed by atoms with Crippen LogP contribution < -0.4 is 5.32 Å². The molecule has 0 bridgehead atoms. The van der Waals surface area contributed by atoms with Crippen molar-refractivity contribution < 1.29 is 19.1 Å². The summed E-state index contributed by atoms with van der Waals surface area (Å²) in [5.41, 5.74) is -0.767. The highest BCUT2D eigenvalue weighted by Crippen LogP contribution is 2.20. The van der Waals surface area contributed by atoms with Gasteiger partial charge in [-0.15, -0.1) is 0 Å². The molecule has 0 saturated heterocycles. The van der Waals surface area contributed by atoms with Crippen molar-refractivity contribution in [3.8, 4) is 0 Å². The van der Waals surface area contributed by atoms with Crippen LogP contribution in [0.3, 0.4) is 0 Å². The maximum absolute atomic E-state index is 12.2. The molecule has 0 unspecified atom stereocenters. The summed E-state index contributed by atoms with van der Waals surface area (Å²) in [6, 6.07) is -0.403. The summed E-state index contributed by atoms with van der Waals surface area (Å²) in [5, 5.41) is 2.88. The third-order valence-corrected chi connectivity index (χ3v) is 4.24. The number of ketones is 1. The average molecular weight is 373 g/mol. The van der Waals surface area contributed by atoms with Crippen molar-refractivity contribution in [2.45, 2.75) is 98.8 Å². The van der Waals surface area contributed by atoms with Gasteiger partial charge in [0.1, 0.15) is 0 Å². The average Bonchev–Trinajstić information content (AvgIpc) is 2.51. The quantitative estimate of drug-likeness (QED) is 0.638. The zero-order valence-corrected chi connectivity index (χ0v) is 18.5. The van der Waals surface area contributed by atoms with E-state index in [1.54, 1.807) is 14.0 Å². The van der Waals surface area contributed by atoms with Crippen LogP contribution in [0.1, 0.15) is 81.6 Å². The Morgan fingerprint density at radius 2 is 1.54 bits per heavy atom. The summed E-state index contributed by atoms with van der Waals surface area (Å²) in [7, 11) is 1.65. The van der Waals surface area contributed by atoms with Crippen LogP contribution in [0.15, 0.2) is 0 Å². The molecule has 0 spiro atoms. The SMILES string of the molecule is CC.CC(=O)NC(C)(C)CCOC(C)(C)CCC(=O)N(C)[C@H](C)C(C)=O. The van der Waals surface area contributed by atoms with Gasteiger partial charge in [-0.05, 0) is 54.4 Å². The minimum absolute atomic E-state index is 0.0263. The molecule has 0 aliphatic rings. The van der Waals surface area contributed by atoms with E-state index in [-0.39, 0.29) is 23.1 Å². The first-order valence-electron chi connectivity index (χ1n) is 9.46. The van der Waals surface area contributed by atoms with Gasteiger partial charge in [-0.3, -0.25) is 14.4 Å². The zero-order chi connectivity index (χ0) is 21.1. The van der Waals surface area contributed by atoms with E-state index in [0.29, 0.717) is 25.9 Å². The number of carbonyl (C=O) groups is 3. The van der Waals surface area contributed by atoms with Crippen molar-refractivity contribution in [1.29, 1.82) is 0 Å². The number of Topliss-reactive ketones (excluding diaryl/α,β-unsaturated/α-hetero) is 1. The van der Waals surface area contributed by atoms with E-state index in [1.807, 2.05) is 41.5 Å². The first-order valence-corrected chi connectivity index (χ1v) is 9.46. The molecule has 26 heavy (non-hydrogen) atoms. The highest BCUT2D eigenvalue weighted by molar-refractivity contribution is 5.87. The smallest absolute Gasteiger partial charge is 0.223 e. The lowest BCUT2D eigenvalue weighted by molar-refractivity contribution is -0.138. The van der Waals surface area contributed by atoms with Crippen LogP contribution >= 0.6 is 0 Å². The normalized spacial score (nSPS) is 12.5. The van der Waals surface area contributed by atoms with Crippen LogP contribution in [0.5, 0.6) is 0 Å². The van der Waals surface area contributed by atoms with Gasteiger partial charge in [-0.25, -0.2) is 0 Å². The van der Waals surface area contributed by atoms with Crippen molar-refractivity contribution in [3.05, 3.63) is 0 Å². The fourth-order valence-electron chi connectivity index (χ4n) is 2.27. The van der Waals surface area contributed by atoms with Gasteiger partial charge < -0.3 is 15.0 Å². The second-order valence-electron chi connectivity index (χ2n) is 7.71. The minimum Gasteiger partial charge on any atom is -0.375 e. The maximum atomic E-state index is 12.2. The molecule has 154 valence electrons. The maximum Gasteiger partial charge on any atom is 0.223 e. The van der Waals surface area contributed by atoms with E-state index < -0.39 is 11.6 Å². The van der Waals surface area contributed by atoms with Gasteiger partial charge in [0.15, 0.2) is 5.78 Å². The first-order chi connectivity index (χ1) is 11.8. The van der Waals surface area contributed by atoms with E-state index in [0.717, 1.165) is 0 Å². The molecule has 0 saturated carbocycles. The fourth-order valence-corrected chi connectivity index (χ4v) is 2.27. The Kier molecular flexibility index (Phi) is 12.4. The van der Waals surface area contributed by atoms with Crippen LogP contribution in [0.25, 0.3) is 0 Å². The number of nitrogens with zero attached hydrogens (tertiary/aromatic N) is 1. The lowest BCUT2D eigenvalue weighted by Gasteiger charge is -2.30. The van der Waals surface area contributed by atoms with Crippen molar-refractivity contribution in [2.75, 3.05) is 13.7 Å². The number of carbonyl (C=O) groups excluding carboxylic acids is 3. The van der Waals surface area contributed by atoms with Crippen molar-refractivity contribution in [2.24, 2.45) is 0 Å². The fraction of sp³-hybridized carbons (Fsp3) is 0.850.